The number of amides is 1. The molecule has 1 heterocycles. The Bertz CT molecular complexity index is 936. The van der Waals surface area contributed by atoms with Crippen molar-refractivity contribution in [2.45, 2.75) is 13.0 Å². The summed E-state index contributed by atoms with van der Waals surface area (Å²) in [6.45, 7) is 1.64. The fourth-order valence-corrected chi connectivity index (χ4v) is 2.35. The molecular formula is C17H14FN3O2. The highest BCUT2D eigenvalue weighted by Gasteiger charge is 2.18. The van der Waals surface area contributed by atoms with Gasteiger partial charge in [0.25, 0.3) is 0 Å². The predicted molar refractivity (Wildman–Crippen MR) is 85.7 cm³/mol. The Kier molecular flexibility index (Phi) is 3.89. The van der Waals surface area contributed by atoms with E-state index in [9.17, 15) is 14.0 Å². The van der Waals surface area contributed by atoms with Gasteiger partial charge in [-0.25, -0.2) is 4.39 Å². The molecule has 116 valence electrons. The minimum atomic E-state index is -0.708. The number of nitrogens with one attached hydrogen (secondary N) is 1. The van der Waals surface area contributed by atoms with Gasteiger partial charge in [0, 0.05) is 5.39 Å². The molecule has 23 heavy (non-hydrogen) atoms. The Morgan fingerprint density at radius 1 is 1.17 bits per heavy atom. The Labute approximate surface area is 131 Å². The average Bonchev–Trinajstić information content (AvgIpc) is 2.57. The number of aromatic nitrogens is 2. The van der Waals surface area contributed by atoms with Gasteiger partial charge in [-0.3, -0.25) is 14.3 Å². The molecule has 0 aliphatic heterocycles. The summed E-state index contributed by atoms with van der Waals surface area (Å²) >= 11 is 0. The summed E-state index contributed by atoms with van der Waals surface area (Å²) in [5.41, 5.74) is 0.449. The molecule has 0 bridgehead atoms. The van der Waals surface area contributed by atoms with Crippen molar-refractivity contribution >= 4 is 22.5 Å². The lowest BCUT2D eigenvalue weighted by Crippen LogP contribution is -2.27. The Hall–Kier alpha value is -3.02. The van der Waals surface area contributed by atoms with Crippen molar-refractivity contribution in [2.24, 2.45) is 0 Å². The lowest BCUT2D eigenvalue weighted by atomic mass is 10.2. The fraction of sp³-hybridized carbons (Fsp3) is 0.118. The van der Waals surface area contributed by atoms with Crippen molar-refractivity contribution < 1.29 is 9.18 Å². The lowest BCUT2D eigenvalue weighted by molar-refractivity contribution is -0.119. The number of nitrogens with zero attached hydrogens (tertiary/aromatic N) is 2. The third-order valence-electron chi connectivity index (χ3n) is 3.59. The van der Waals surface area contributed by atoms with Gasteiger partial charge in [-0.15, -0.1) is 0 Å². The largest absolute Gasteiger partial charge is 0.322 e. The van der Waals surface area contributed by atoms with Crippen molar-refractivity contribution in [3.8, 4) is 0 Å². The van der Waals surface area contributed by atoms with Crippen LogP contribution in [0.15, 0.2) is 59.5 Å². The van der Waals surface area contributed by atoms with E-state index in [0.29, 0.717) is 10.9 Å². The zero-order valence-corrected chi connectivity index (χ0v) is 12.4. The van der Waals surface area contributed by atoms with Crippen LogP contribution < -0.4 is 10.7 Å². The molecule has 5 nitrogen and oxygen atoms in total. The van der Waals surface area contributed by atoms with Crippen molar-refractivity contribution in [3.05, 3.63) is 70.8 Å². The number of fused-ring (bicyclic) bond motifs is 1. The van der Waals surface area contributed by atoms with Crippen LogP contribution in [0.2, 0.25) is 0 Å². The van der Waals surface area contributed by atoms with Gasteiger partial charge in [-0.2, -0.15) is 5.10 Å². The molecule has 0 radical (unpaired) electrons. The summed E-state index contributed by atoms with van der Waals surface area (Å²) in [7, 11) is 0. The van der Waals surface area contributed by atoms with E-state index in [2.05, 4.69) is 10.4 Å². The topological polar surface area (TPSA) is 64.0 Å². The number of carbonyl (C=O) groups excluding carboxylic acids is 1. The number of halogens is 1. The SMILES string of the molecule is C[C@H](C(=O)Nc1ccccc1F)n1ncc(=O)c2ccccc21. The van der Waals surface area contributed by atoms with Gasteiger partial charge in [0.2, 0.25) is 11.3 Å². The van der Waals surface area contributed by atoms with Crippen molar-refractivity contribution in [1.82, 2.24) is 9.78 Å². The zero-order chi connectivity index (χ0) is 16.4. The van der Waals surface area contributed by atoms with Crippen LogP contribution in [0.5, 0.6) is 0 Å². The Morgan fingerprint density at radius 2 is 1.87 bits per heavy atom. The highest BCUT2D eigenvalue weighted by atomic mass is 19.1. The van der Waals surface area contributed by atoms with Crippen LogP contribution >= 0.6 is 0 Å². The first kappa shape index (κ1) is 14.9. The molecule has 0 unspecified atom stereocenters. The molecule has 0 saturated heterocycles. The van der Waals surface area contributed by atoms with Crippen molar-refractivity contribution in [2.75, 3.05) is 5.32 Å². The van der Waals surface area contributed by atoms with E-state index in [0.717, 1.165) is 0 Å². The highest BCUT2D eigenvalue weighted by molar-refractivity contribution is 5.94. The number of anilines is 1. The van der Waals surface area contributed by atoms with Gasteiger partial charge in [0.1, 0.15) is 11.9 Å². The second-order valence-corrected chi connectivity index (χ2v) is 5.12. The van der Waals surface area contributed by atoms with E-state index in [-0.39, 0.29) is 11.1 Å². The number of hydrogen-bond donors (Lipinski definition) is 1. The third kappa shape index (κ3) is 2.83. The Balaban J connectivity index is 1.96. The number of rotatable bonds is 3. The quantitative estimate of drug-likeness (QED) is 0.809. The van der Waals surface area contributed by atoms with Gasteiger partial charge in [0.05, 0.1) is 17.4 Å². The summed E-state index contributed by atoms with van der Waals surface area (Å²) in [6, 6.07) is 12.1. The van der Waals surface area contributed by atoms with Crippen molar-refractivity contribution in [1.29, 1.82) is 0 Å². The smallest absolute Gasteiger partial charge is 0.249 e. The van der Waals surface area contributed by atoms with Crippen LogP contribution in [-0.2, 0) is 4.79 Å². The molecule has 0 aliphatic rings. The minimum absolute atomic E-state index is 0.106. The molecule has 6 heteroatoms. The van der Waals surface area contributed by atoms with Gasteiger partial charge in [0.15, 0.2) is 0 Å². The number of para-hydroxylation sites is 2. The zero-order valence-electron chi connectivity index (χ0n) is 12.4. The number of carbonyl (C=O) groups is 1. The standard InChI is InChI=1S/C17H14FN3O2/c1-11(17(23)20-14-8-4-3-7-13(14)18)21-15-9-5-2-6-12(15)16(22)10-19-21/h2-11H,1H3,(H,20,23)/t11-/m1/s1. The predicted octanol–water partition coefficient (Wildman–Crippen LogP) is 2.74. The van der Waals surface area contributed by atoms with Crippen LogP contribution in [0.3, 0.4) is 0 Å². The van der Waals surface area contributed by atoms with E-state index >= 15 is 0 Å². The first-order chi connectivity index (χ1) is 11.1. The summed E-state index contributed by atoms with van der Waals surface area (Å²) in [6.07, 6.45) is 1.18. The maximum atomic E-state index is 13.6. The minimum Gasteiger partial charge on any atom is -0.322 e. The number of hydrogen-bond acceptors (Lipinski definition) is 3. The summed E-state index contributed by atoms with van der Waals surface area (Å²) in [4.78, 5) is 24.2. The third-order valence-corrected chi connectivity index (χ3v) is 3.59. The Morgan fingerprint density at radius 3 is 2.65 bits per heavy atom. The molecular weight excluding hydrogens is 297 g/mol. The normalized spacial score (nSPS) is 12.1. The molecule has 1 aromatic heterocycles. The van der Waals surface area contributed by atoms with E-state index in [1.807, 2.05) is 0 Å². The molecule has 3 aromatic rings. The van der Waals surface area contributed by atoms with Crippen LogP contribution in [0, 0.1) is 5.82 Å². The second kappa shape index (κ2) is 6.00. The van der Waals surface area contributed by atoms with Crippen LogP contribution in [0.1, 0.15) is 13.0 Å². The molecule has 0 saturated carbocycles. The molecule has 2 aromatic carbocycles. The fourth-order valence-electron chi connectivity index (χ4n) is 2.35. The van der Waals surface area contributed by atoms with Gasteiger partial charge in [-0.1, -0.05) is 24.3 Å². The molecule has 1 atom stereocenters. The molecule has 1 N–H and O–H groups in total. The van der Waals surface area contributed by atoms with E-state index in [1.54, 1.807) is 43.3 Å². The van der Waals surface area contributed by atoms with Crippen LogP contribution in [0.4, 0.5) is 10.1 Å². The lowest BCUT2D eigenvalue weighted by Gasteiger charge is -2.17. The summed E-state index contributed by atoms with van der Waals surface area (Å²) < 4.78 is 15.1. The van der Waals surface area contributed by atoms with E-state index in [1.165, 1.54) is 23.0 Å². The highest BCUT2D eigenvalue weighted by Crippen LogP contribution is 2.17. The first-order valence-corrected chi connectivity index (χ1v) is 7.10. The molecule has 3 rings (SSSR count). The second-order valence-electron chi connectivity index (χ2n) is 5.12. The molecule has 1 amide bonds. The van der Waals surface area contributed by atoms with Gasteiger partial charge < -0.3 is 5.32 Å². The monoisotopic (exact) mass is 311 g/mol. The van der Waals surface area contributed by atoms with E-state index < -0.39 is 17.8 Å². The average molecular weight is 311 g/mol. The number of benzene rings is 2. The van der Waals surface area contributed by atoms with Gasteiger partial charge in [-0.05, 0) is 31.2 Å². The molecule has 0 fully saturated rings. The summed E-state index contributed by atoms with van der Waals surface area (Å²) in [5, 5.41) is 7.06. The van der Waals surface area contributed by atoms with Crippen LogP contribution in [-0.4, -0.2) is 15.7 Å². The maximum Gasteiger partial charge on any atom is 0.249 e. The van der Waals surface area contributed by atoms with Crippen molar-refractivity contribution in [3.63, 3.8) is 0 Å². The van der Waals surface area contributed by atoms with Gasteiger partial charge >= 0.3 is 0 Å². The summed E-state index contributed by atoms with van der Waals surface area (Å²) in [5.74, 6) is -0.929. The maximum absolute atomic E-state index is 13.6. The van der Waals surface area contributed by atoms with E-state index in [4.69, 9.17) is 0 Å². The first-order valence-electron chi connectivity index (χ1n) is 7.10. The molecule has 0 spiro atoms. The van der Waals surface area contributed by atoms with Crippen LogP contribution in [0.25, 0.3) is 10.9 Å². The molecule has 0 aliphatic carbocycles.